The Labute approximate surface area is 116 Å². The number of rotatable bonds is 3. The van der Waals surface area contributed by atoms with Gasteiger partial charge in [-0.3, -0.25) is 19.8 Å². The highest BCUT2D eigenvalue weighted by molar-refractivity contribution is 5.98. The van der Waals surface area contributed by atoms with Crippen LogP contribution in [0.2, 0.25) is 0 Å². The molecule has 2 rings (SSSR count). The van der Waals surface area contributed by atoms with E-state index in [-0.39, 0.29) is 23.8 Å². The Morgan fingerprint density at radius 3 is 2.70 bits per heavy atom. The van der Waals surface area contributed by atoms with Crippen molar-refractivity contribution in [2.45, 2.75) is 39.7 Å². The topological polar surface area (TPSA) is 94.2 Å². The molecule has 0 unspecified atom stereocenters. The summed E-state index contributed by atoms with van der Waals surface area (Å²) in [6.45, 7) is 3.63. The van der Waals surface area contributed by atoms with Gasteiger partial charge >= 0.3 is 0 Å². The molecule has 1 aromatic rings. The van der Waals surface area contributed by atoms with Crippen molar-refractivity contribution in [1.29, 1.82) is 0 Å². The second kappa shape index (κ2) is 5.20. The molecule has 0 atom stereocenters. The van der Waals surface area contributed by atoms with Crippen LogP contribution in [-0.2, 0) is 17.8 Å². The largest absolute Gasteiger partial charge is 0.311 e. The first-order valence-electron chi connectivity index (χ1n) is 6.64. The van der Waals surface area contributed by atoms with Crippen molar-refractivity contribution < 1.29 is 9.59 Å². The zero-order valence-corrected chi connectivity index (χ0v) is 11.7. The van der Waals surface area contributed by atoms with E-state index in [0.29, 0.717) is 18.4 Å². The van der Waals surface area contributed by atoms with E-state index in [9.17, 15) is 14.4 Å². The van der Waals surface area contributed by atoms with Crippen LogP contribution in [0, 0.1) is 5.41 Å². The predicted molar refractivity (Wildman–Crippen MR) is 74.1 cm³/mol. The van der Waals surface area contributed by atoms with Crippen LogP contribution in [0.5, 0.6) is 0 Å². The molecule has 0 fully saturated rings. The van der Waals surface area contributed by atoms with Gasteiger partial charge in [0.15, 0.2) is 5.78 Å². The molecule has 0 radical (unpaired) electrons. The molecule has 20 heavy (non-hydrogen) atoms. The van der Waals surface area contributed by atoms with Crippen molar-refractivity contribution >= 4 is 11.7 Å². The third-order valence-corrected chi connectivity index (χ3v) is 3.71. The maximum Gasteiger partial charge on any atom is 0.250 e. The lowest BCUT2D eigenvalue weighted by molar-refractivity contribution is -0.130. The normalized spacial score (nSPS) is 14.8. The van der Waals surface area contributed by atoms with Crippen LogP contribution >= 0.6 is 0 Å². The monoisotopic (exact) mass is 277 g/mol. The molecule has 1 amide bonds. The van der Waals surface area contributed by atoms with Crippen molar-refractivity contribution in [2.24, 2.45) is 11.3 Å². The van der Waals surface area contributed by atoms with Crippen molar-refractivity contribution in [1.82, 2.24) is 9.99 Å². The van der Waals surface area contributed by atoms with Crippen molar-refractivity contribution in [3.8, 4) is 0 Å². The lowest BCUT2D eigenvalue weighted by Gasteiger charge is -2.27. The predicted octanol–water partition coefficient (Wildman–Crippen LogP) is 0.383. The summed E-state index contributed by atoms with van der Waals surface area (Å²) in [5, 5.41) is 0. The highest BCUT2D eigenvalue weighted by Crippen LogP contribution is 2.23. The number of pyridine rings is 1. The number of nitrogens with two attached hydrogens (primary N) is 1. The minimum atomic E-state index is -0.825. The van der Waals surface area contributed by atoms with Crippen molar-refractivity contribution in [3.63, 3.8) is 0 Å². The van der Waals surface area contributed by atoms with Crippen LogP contribution in [0.15, 0.2) is 16.9 Å². The van der Waals surface area contributed by atoms with Gasteiger partial charge in [0.2, 0.25) is 5.91 Å². The molecule has 108 valence electrons. The van der Waals surface area contributed by atoms with Gasteiger partial charge in [0.05, 0.1) is 5.41 Å². The van der Waals surface area contributed by atoms with Gasteiger partial charge in [-0.05, 0) is 32.8 Å². The number of nitrogens with one attached hydrogen (secondary N) is 1. The molecule has 1 aliphatic rings. The molecule has 1 aromatic heterocycles. The molecule has 0 saturated carbocycles. The summed E-state index contributed by atoms with van der Waals surface area (Å²) in [4.78, 5) is 35.7. The first-order chi connectivity index (χ1) is 9.36. The number of aromatic nitrogens is 1. The summed E-state index contributed by atoms with van der Waals surface area (Å²) in [7, 11) is 0. The number of amides is 1. The summed E-state index contributed by atoms with van der Waals surface area (Å²) in [5.41, 5.74) is 2.41. The highest BCUT2D eigenvalue weighted by atomic mass is 16.2. The van der Waals surface area contributed by atoms with E-state index in [1.54, 1.807) is 19.9 Å². The molecule has 0 bridgehead atoms. The Kier molecular flexibility index (Phi) is 3.76. The number of nitrogens with zero attached hydrogens (tertiary/aromatic N) is 1. The Hall–Kier alpha value is -1.95. The van der Waals surface area contributed by atoms with Gasteiger partial charge in [-0.25, -0.2) is 5.84 Å². The van der Waals surface area contributed by atoms with Gasteiger partial charge in [-0.2, -0.15) is 0 Å². The standard InChI is InChI=1S/C14H19N3O3/c1-14(2,13(20)16-15)8-17-10-4-3-5-11(18)9(10)6-7-12(17)19/h6-7H,3-5,8,15H2,1-2H3,(H,16,20). The molecule has 1 heterocycles. The lowest BCUT2D eigenvalue weighted by Crippen LogP contribution is -2.45. The minimum absolute atomic E-state index is 0.0566. The lowest BCUT2D eigenvalue weighted by atomic mass is 9.90. The number of ketones is 1. The van der Waals surface area contributed by atoms with Crippen LogP contribution in [0.4, 0.5) is 0 Å². The van der Waals surface area contributed by atoms with Gasteiger partial charge in [-0.1, -0.05) is 0 Å². The fourth-order valence-corrected chi connectivity index (χ4v) is 2.53. The molecule has 6 nitrogen and oxygen atoms in total. The first kappa shape index (κ1) is 14.5. The SMILES string of the molecule is CC(C)(Cn1c2c(ccc1=O)C(=O)CCC2)C(=O)NN. The van der Waals surface area contributed by atoms with Gasteiger partial charge < -0.3 is 4.57 Å². The van der Waals surface area contributed by atoms with Gasteiger partial charge in [0.1, 0.15) is 0 Å². The Morgan fingerprint density at radius 1 is 1.35 bits per heavy atom. The van der Waals surface area contributed by atoms with E-state index >= 15 is 0 Å². The smallest absolute Gasteiger partial charge is 0.250 e. The van der Waals surface area contributed by atoms with Gasteiger partial charge in [0.25, 0.3) is 5.56 Å². The Morgan fingerprint density at radius 2 is 2.05 bits per heavy atom. The molecule has 3 N–H and O–H groups in total. The van der Waals surface area contributed by atoms with Crippen molar-refractivity contribution in [2.75, 3.05) is 0 Å². The molecular weight excluding hydrogens is 258 g/mol. The number of hydrogen-bond donors (Lipinski definition) is 2. The van der Waals surface area contributed by atoms with E-state index in [2.05, 4.69) is 5.43 Å². The number of carbonyl (C=O) groups is 2. The zero-order valence-electron chi connectivity index (χ0n) is 11.7. The summed E-state index contributed by atoms with van der Waals surface area (Å²) in [6.07, 6.45) is 1.92. The quantitative estimate of drug-likeness (QED) is 0.474. The highest BCUT2D eigenvalue weighted by Gasteiger charge is 2.30. The summed E-state index contributed by atoms with van der Waals surface area (Å²) in [6, 6.07) is 2.98. The van der Waals surface area contributed by atoms with Crippen LogP contribution in [0.3, 0.4) is 0 Å². The maximum absolute atomic E-state index is 12.1. The number of fused-ring (bicyclic) bond motifs is 1. The molecule has 6 heteroatoms. The summed E-state index contributed by atoms with van der Waals surface area (Å²) in [5.74, 6) is 4.88. The summed E-state index contributed by atoms with van der Waals surface area (Å²) >= 11 is 0. The molecule has 1 aliphatic carbocycles. The van der Waals surface area contributed by atoms with E-state index in [1.807, 2.05) is 0 Å². The van der Waals surface area contributed by atoms with E-state index in [4.69, 9.17) is 5.84 Å². The minimum Gasteiger partial charge on any atom is -0.311 e. The zero-order chi connectivity index (χ0) is 14.9. The molecule has 0 saturated heterocycles. The second-order valence-corrected chi connectivity index (χ2v) is 5.75. The van der Waals surface area contributed by atoms with Crippen LogP contribution < -0.4 is 16.8 Å². The Balaban J connectivity index is 2.47. The number of hydrogen-bond acceptors (Lipinski definition) is 4. The van der Waals surface area contributed by atoms with Crippen molar-refractivity contribution in [3.05, 3.63) is 33.7 Å². The number of hydrazine groups is 1. The Bertz CT molecular complexity index is 617. The summed E-state index contributed by atoms with van der Waals surface area (Å²) < 4.78 is 1.53. The average Bonchev–Trinajstić information content (AvgIpc) is 2.41. The first-order valence-corrected chi connectivity index (χ1v) is 6.64. The molecule has 0 spiro atoms. The van der Waals surface area contributed by atoms with Gasteiger partial charge in [-0.15, -0.1) is 0 Å². The number of Topliss-reactive ketones (excluding diaryl/α,β-unsaturated/α-hetero) is 1. The van der Waals surface area contributed by atoms with Crippen LogP contribution in [-0.4, -0.2) is 16.3 Å². The second-order valence-electron chi connectivity index (χ2n) is 5.75. The van der Waals surface area contributed by atoms with E-state index < -0.39 is 5.41 Å². The van der Waals surface area contributed by atoms with E-state index in [1.165, 1.54) is 10.6 Å². The third kappa shape index (κ3) is 2.51. The van der Waals surface area contributed by atoms with Gasteiger partial charge in [0, 0.05) is 30.3 Å². The van der Waals surface area contributed by atoms with Crippen LogP contribution in [0.1, 0.15) is 42.7 Å². The average molecular weight is 277 g/mol. The molecule has 0 aliphatic heterocycles. The number of carbonyl (C=O) groups excluding carboxylic acids is 2. The fourth-order valence-electron chi connectivity index (χ4n) is 2.53. The molecular formula is C14H19N3O3. The van der Waals surface area contributed by atoms with E-state index in [0.717, 1.165) is 12.1 Å². The maximum atomic E-state index is 12.1. The fraction of sp³-hybridized carbons (Fsp3) is 0.500. The van der Waals surface area contributed by atoms with Crippen LogP contribution in [0.25, 0.3) is 0 Å². The third-order valence-electron chi connectivity index (χ3n) is 3.71. The molecule has 0 aromatic carbocycles.